The minimum absolute atomic E-state index is 0.567. The van der Waals surface area contributed by atoms with Crippen LogP contribution in [0.15, 0.2) is 212 Å². The van der Waals surface area contributed by atoms with Crippen LogP contribution in [0.4, 0.5) is 0 Å². The molecular weight excluding hydrogens is 787 g/mol. The van der Waals surface area contributed by atoms with Crippen molar-refractivity contribution < 1.29 is 0 Å². The molecule has 5 nitrogen and oxygen atoms in total. The van der Waals surface area contributed by atoms with Crippen molar-refractivity contribution in [1.29, 1.82) is 0 Å². The van der Waals surface area contributed by atoms with Gasteiger partial charge in [-0.1, -0.05) is 182 Å². The Morgan fingerprint density at radius 1 is 0.317 bits per heavy atom. The average Bonchev–Trinajstić information content (AvgIpc) is 4.02. The molecule has 0 aliphatic carbocycles. The molecule has 0 bridgehead atoms. The Kier molecular flexibility index (Phi) is 8.01. The van der Waals surface area contributed by atoms with E-state index in [0.29, 0.717) is 17.6 Å². The Morgan fingerprint density at radius 2 is 0.778 bits per heavy atom. The predicted molar refractivity (Wildman–Crippen MR) is 263 cm³/mol. The minimum atomic E-state index is 0.567. The lowest BCUT2D eigenvalue weighted by atomic mass is 9.98. The molecule has 4 aromatic heterocycles. The normalized spacial score (nSPS) is 11.8. The van der Waals surface area contributed by atoms with Crippen molar-refractivity contribution in [2.24, 2.45) is 0 Å². The molecule has 0 saturated carbocycles. The average molecular weight is 822 g/mol. The SMILES string of the molecule is c1ccc(-c2ccc(-c3cc(-n4c5ccccc5c5ccc6c7ccccc7n(-c7nc(-c8ccccc8)nc(-c8ccccc8)n7)c6c54)c4sc5ccccc5c4c3)cc2)cc1. The van der Waals surface area contributed by atoms with Gasteiger partial charge in [0, 0.05) is 48.1 Å². The van der Waals surface area contributed by atoms with Crippen molar-refractivity contribution >= 4 is 75.1 Å². The van der Waals surface area contributed by atoms with Crippen LogP contribution in [0.3, 0.4) is 0 Å². The summed E-state index contributed by atoms with van der Waals surface area (Å²) < 4.78 is 7.29. The molecule has 13 rings (SSSR count). The van der Waals surface area contributed by atoms with Crippen LogP contribution in [-0.2, 0) is 0 Å². The zero-order valence-electron chi connectivity index (χ0n) is 33.9. The maximum Gasteiger partial charge on any atom is 0.238 e. The van der Waals surface area contributed by atoms with Crippen molar-refractivity contribution in [3.63, 3.8) is 0 Å². The number of para-hydroxylation sites is 2. The maximum atomic E-state index is 5.33. The highest BCUT2D eigenvalue weighted by Gasteiger charge is 2.25. The lowest BCUT2D eigenvalue weighted by Gasteiger charge is -2.15. The van der Waals surface area contributed by atoms with Gasteiger partial charge < -0.3 is 4.57 Å². The first-order valence-electron chi connectivity index (χ1n) is 21.2. The number of hydrogen-bond acceptors (Lipinski definition) is 4. The number of aromatic nitrogens is 5. The van der Waals surface area contributed by atoms with Gasteiger partial charge in [-0.05, 0) is 52.6 Å². The first-order valence-corrected chi connectivity index (χ1v) is 22.0. The van der Waals surface area contributed by atoms with Gasteiger partial charge >= 0.3 is 0 Å². The number of nitrogens with zero attached hydrogens (tertiary/aromatic N) is 5. The van der Waals surface area contributed by atoms with Crippen molar-refractivity contribution in [1.82, 2.24) is 24.1 Å². The third-order valence-electron chi connectivity index (χ3n) is 12.4. The molecule has 4 heterocycles. The highest BCUT2D eigenvalue weighted by molar-refractivity contribution is 7.26. The van der Waals surface area contributed by atoms with E-state index in [-0.39, 0.29) is 0 Å². The second-order valence-electron chi connectivity index (χ2n) is 16.0. The molecule has 0 spiro atoms. The largest absolute Gasteiger partial charge is 0.306 e. The Morgan fingerprint density at radius 3 is 1.38 bits per heavy atom. The Balaban J connectivity index is 1.16. The van der Waals surface area contributed by atoms with Crippen LogP contribution in [0.2, 0.25) is 0 Å². The van der Waals surface area contributed by atoms with E-state index in [9.17, 15) is 0 Å². The molecule has 294 valence electrons. The summed E-state index contributed by atoms with van der Waals surface area (Å²) in [6.45, 7) is 0. The van der Waals surface area contributed by atoms with Crippen LogP contribution < -0.4 is 0 Å². The summed E-state index contributed by atoms with van der Waals surface area (Å²) in [5.41, 5.74) is 12.0. The molecule has 0 amide bonds. The molecule has 13 aromatic rings. The van der Waals surface area contributed by atoms with Gasteiger partial charge in [0.05, 0.1) is 32.5 Å². The van der Waals surface area contributed by atoms with E-state index in [4.69, 9.17) is 15.0 Å². The van der Waals surface area contributed by atoms with Gasteiger partial charge in [0.1, 0.15) is 0 Å². The highest BCUT2D eigenvalue weighted by atomic mass is 32.1. The summed E-state index contributed by atoms with van der Waals surface area (Å²) in [7, 11) is 0. The van der Waals surface area contributed by atoms with Crippen LogP contribution in [-0.4, -0.2) is 24.1 Å². The lowest BCUT2D eigenvalue weighted by molar-refractivity contribution is 0.953. The van der Waals surface area contributed by atoms with Crippen LogP contribution in [0.1, 0.15) is 0 Å². The van der Waals surface area contributed by atoms with Crippen molar-refractivity contribution in [3.8, 4) is 56.7 Å². The van der Waals surface area contributed by atoms with E-state index in [1.165, 1.54) is 42.2 Å². The number of benzene rings is 9. The fraction of sp³-hybridized carbons (Fsp3) is 0. The second kappa shape index (κ2) is 14.2. The Hall–Kier alpha value is -8.19. The second-order valence-corrected chi connectivity index (χ2v) is 17.0. The van der Waals surface area contributed by atoms with E-state index in [1.54, 1.807) is 0 Å². The fourth-order valence-corrected chi connectivity index (χ4v) is 10.7. The summed E-state index contributed by atoms with van der Waals surface area (Å²) in [5, 5.41) is 7.11. The quantitative estimate of drug-likeness (QED) is 0.168. The molecule has 63 heavy (non-hydrogen) atoms. The van der Waals surface area contributed by atoms with E-state index in [2.05, 4.69) is 185 Å². The Labute approximate surface area is 366 Å². The van der Waals surface area contributed by atoms with Crippen molar-refractivity contribution in [2.75, 3.05) is 0 Å². The third kappa shape index (κ3) is 5.66. The molecule has 0 atom stereocenters. The molecule has 0 N–H and O–H groups in total. The van der Waals surface area contributed by atoms with Gasteiger partial charge in [-0.3, -0.25) is 4.57 Å². The zero-order valence-corrected chi connectivity index (χ0v) is 34.7. The zero-order chi connectivity index (χ0) is 41.4. The van der Waals surface area contributed by atoms with Crippen molar-refractivity contribution in [3.05, 3.63) is 212 Å². The van der Waals surface area contributed by atoms with Gasteiger partial charge in [-0.25, -0.2) is 4.98 Å². The van der Waals surface area contributed by atoms with Crippen molar-refractivity contribution in [2.45, 2.75) is 0 Å². The molecular formula is C57H35N5S. The van der Waals surface area contributed by atoms with E-state index >= 15 is 0 Å². The summed E-state index contributed by atoms with van der Waals surface area (Å²) in [4.78, 5) is 15.7. The van der Waals surface area contributed by atoms with E-state index < -0.39 is 0 Å². The third-order valence-corrected chi connectivity index (χ3v) is 13.6. The van der Waals surface area contributed by atoms with Gasteiger partial charge in [0.25, 0.3) is 0 Å². The highest BCUT2D eigenvalue weighted by Crippen LogP contribution is 2.46. The first-order chi connectivity index (χ1) is 31.2. The molecule has 0 radical (unpaired) electrons. The van der Waals surface area contributed by atoms with E-state index in [0.717, 1.165) is 60.6 Å². The lowest BCUT2D eigenvalue weighted by Crippen LogP contribution is -2.07. The fourth-order valence-electron chi connectivity index (χ4n) is 9.48. The van der Waals surface area contributed by atoms with Crippen LogP contribution in [0, 0.1) is 0 Å². The van der Waals surface area contributed by atoms with Gasteiger partial charge in [0.2, 0.25) is 5.95 Å². The first kappa shape index (κ1) is 35.6. The number of fused-ring (bicyclic) bond motifs is 10. The van der Waals surface area contributed by atoms with Crippen LogP contribution in [0.25, 0.3) is 120 Å². The summed E-state index contributed by atoms with van der Waals surface area (Å²) >= 11 is 1.86. The summed E-state index contributed by atoms with van der Waals surface area (Å²) in [5.74, 6) is 1.81. The molecule has 0 aliphatic rings. The maximum absolute atomic E-state index is 5.33. The van der Waals surface area contributed by atoms with E-state index in [1.807, 2.05) is 47.7 Å². The van der Waals surface area contributed by atoms with Gasteiger partial charge in [0.15, 0.2) is 11.6 Å². The Bertz CT molecular complexity index is 3830. The topological polar surface area (TPSA) is 48.5 Å². The monoisotopic (exact) mass is 821 g/mol. The van der Waals surface area contributed by atoms with Gasteiger partial charge in [-0.2, -0.15) is 9.97 Å². The number of hydrogen-bond donors (Lipinski definition) is 0. The molecule has 0 fully saturated rings. The molecule has 9 aromatic carbocycles. The smallest absolute Gasteiger partial charge is 0.238 e. The molecule has 6 heteroatoms. The summed E-state index contributed by atoms with van der Waals surface area (Å²) in [6.07, 6.45) is 0. The number of rotatable bonds is 6. The van der Waals surface area contributed by atoms with Gasteiger partial charge in [-0.15, -0.1) is 11.3 Å². The minimum Gasteiger partial charge on any atom is -0.306 e. The van der Waals surface area contributed by atoms with Crippen LogP contribution in [0.5, 0.6) is 0 Å². The molecule has 0 saturated heterocycles. The number of thiophene rings is 1. The molecule has 0 aliphatic heterocycles. The standard InChI is InChI=1S/C57H35N5S/c1-4-16-36(17-5-1)37-28-30-38(31-29-37)41-34-47-44-24-12-15-27-51(44)63-54(47)50(35-41)61-48-25-13-10-22-42(48)45-32-33-46-43-23-11-14-26-49(43)62(53(46)52(45)61)57-59-55(39-18-6-2-7-19-39)58-56(60-57)40-20-8-3-9-21-40/h1-35H. The predicted octanol–water partition coefficient (Wildman–Crippen LogP) is 15.1. The summed E-state index contributed by atoms with van der Waals surface area (Å²) in [6, 6.07) is 75.7. The molecule has 0 unspecified atom stereocenters. The van der Waals surface area contributed by atoms with Crippen LogP contribution >= 0.6 is 11.3 Å².